The number of fused-ring (bicyclic) bond motifs is 1. The van der Waals surface area contributed by atoms with Crippen LogP contribution in [-0.4, -0.2) is 16.9 Å². The fourth-order valence-electron chi connectivity index (χ4n) is 3.48. The zero-order valence-corrected chi connectivity index (χ0v) is 11.4. The van der Waals surface area contributed by atoms with Gasteiger partial charge in [-0.1, -0.05) is 12.2 Å². The summed E-state index contributed by atoms with van der Waals surface area (Å²) >= 11 is 1.53. The molecule has 2 heterocycles. The predicted molar refractivity (Wildman–Crippen MR) is 72.4 cm³/mol. The summed E-state index contributed by atoms with van der Waals surface area (Å²) in [4.78, 5) is 21.9. The van der Waals surface area contributed by atoms with E-state index in [1.54, 1.807) is 6.20 Å². The van der Waals surface area contributed by atoms with Crippen LogP contribution in [0.25, 0.3) is 0 Å². The second-order valence-electron chi connectivity index (χ2n) is 5.47. The van der Waals surface area contributed by atoms with Gasteiger partial charge in [-0.25, -0.2) is 4.98 Å². The van der Waals surface area contributed by atoms with E-state index in [2.05, 4.69) is 22.1 Å². The minimum atomic E-state index is -0.101. The summed E-state index contributed by atoms with van der Waals surface area (Å²) in [5.41, 5.74) is 0. The largest absolute Gasteiger partial charge is 0.411 e. The number of esters is 1. The van der Waals surface area contributed by atoms with E-state index < -0.39 is 0 Å². The molecular formula is C14H14N2O2S. The molecule has 98 valence electrons. The van der Waals surface area contributed by atoms with E-state index in [1.165, 1.54) is 11.3 Å². The van der Waals surface area contributed by atoms with Gasteiger partial charge in [-0.2, -0.15) is 4.99 Å². The van der Waals surface area contributed by atoms with Gasteiger partial charge in [-0.15, -0.1) is 11.3 Å². The Labute approximate surface area is 115 Å². The van der Waals surface area contributed by atoms with Crippen molar-refractivity contribution >= 4 is 28.3 Å². The molecule has 4 aliphatic rings. The lowest BCUT2D eigenvalue weighted by atomic mass is 9.63. The molecule has 5 heteroatoms. The van der Waals surface area contributed by atoms with Crippen LogP contribution in [0.3, 0.4) is 0 Å². The van der Waals surface area contributed by atoms with E-state index in [9.17, 15) is 4.79 Å². The Kier molecular flexibility index (Phi) is 2.39. The Morgan fingerprint density at radius 1 is 1.32 bits per heavy atom. The molecule has 2 fully saturated rings. The molecule has 1 saturated heterocycles. The SMILES string of the molecule is Cc1cnc(/N=C2\OC(=O)C3C2[C@H]2C=C[C@@H]3CC2)s1. The van der Waals surface area contributed by atoms with Gasteiger partial charge < -0.3 is 4.74 Å². The van der Waals surface area contributed by atoms with Crippen molar-refractivity contribution in [1.82, 2.24) is 4.98 Å². The molecule has 5 rings (SSSR count). The minimum Gasteiger partial charge on any atom is -0.411 e. The van der Waals surface area contributed by atoms with Crippen LogP contribution in [0.2, 0.25) is 0 Å². The monoisotopic (exact) mass is 274 g/mol. The third-order valence-electron chi connectivity index (χ3n) is 4.33. The number of aryl methyl sites for hydroxylation is 1. The van der Waals surface area contributed by atoms with Gasteiger partial charge in [0.05, 0.1) is 11.8 Å². The van der Waals surface area contributed by atoms with Crippen molar-refractivity contribution in [2.75, 3.05) is 0 Å². The fraction of sp³-hybridized carbons (Fsp3) is 0.500. The van der Waals surface area contributed by atoms with Crippen molar-refractivity contribution in [3.8, 4) is 0 Å². The van der Waals surface area contributed by atoms with Gasteiger partial charge in [0.25, 0.3) is 0 Å². The van der Waals surface area contributed by atoms with Gasteiger partial charge in [-0.05, 0) is 31.6 Å². The summed E-state index contributed by atoms with van der Waals surface area (Å²) in [5.74, 6) is 1.36. The quantitative estimate of drug-likeness (QED) is 0.584. The maximum atomic E-state index is 12.1. The number of allylic oxidation sites excluding steroid dienone is 2. The maximum Gasteiger partial charge on any atom is 0.316 e. The summed E-state index contributed by atoms with van der Waals surface area (Å²) in [6, 6.07) is 0. The van der Waals surface area contributed by atoms with E-state index in [0.29, 0.717) is 22.9 Å². The number of hydrogen-bond acceptors (Lipinski definition) is 5. The molecule has 2 unspecified atom stereocenters. The normalized spacial score (nSPS) is 37.7. The number of aliphatic imine (C=N–C) groups is 1. The Hall–Kier alpha value is -1.49. The number of carbonyl (C=O) groups is 1. The molecule has 1 aromatic heterocycles. The number of cyclic esters (lactones) is 1. The summed E-state index contributed by atoms with van der Waals surface area (Å²) in [6.45, 7) is 2.00. The van der Waals surface area contributed by atoms with Gasteiger partial charge in [-0.3, -0.25) is 4.79 Å². The highest BCUT2D eigenvalue weighted by molar-refractivity contribution is 7.15. The summed E-state index contributed by atoms with van der Waals surface area (Å²) in [5, 5.41) is 0.686. The van der Waals surface area contributed by atoms with Crippen molar-refractivity contribution < 1.29 is 9.53 Å². The lowest BCUT2D eigenvalue weighted by Gasteiger charge is -2.37. The molecule has 4 atom stereocenters. The zero-order valence-electron chi connectivity index (χ0n) is 10.6. The first-order valence-electron chi connectivity index (χ1n) is 6.63. The molecule has 1 saturated carbocycles. The lowest BCUT2D eigenvalue weighted by Crippen LogP contribution is -2.38. The number of rotatable bonds is 1. The number of aromatic nitrogens is 1. The Balaban J connectivity index is 1.73. The first-order chi connectivity index (χ1) is 9.22. The van der Waals surface area contributed by atoms with Crippen LogP contribution >= 0.6 is 11.3 Å². The van der Waals surface area contributed by atoms with Crippen molar-refractivity contribution in [2.24, 2.45) is 28.7 Å². The fourth-order valence-corrected chi connectivity index (χ4v) is 4.11. The highest BCUT2D eigenvalue weighted by atomic mass is 32.1. The average molecular weight is 274 g/mol. The molecule has 2 bridgehead atoms. The molecule has 19 heavy (non-hydrogen) atoms. The topological polar surface area (TPSA) is 51.6 Å². The van der Waals surface area contributed by atoms with Gasteiger partial charge >= 0.3 is 5.97 Å². The molecular weight excluding hydrogens is 260 g/mol. The van der Waals surface area contributed by atoms with E-state index >= 15 is 0 Å². The van der Waals surface area contributed by atoms with E-state index in [4.69, 9.17) is 4.74 Å². The molecule has 0 amide bonds. The molecule has 4 nitrogen and oxygen atoms in total. The zero-order chi connectivity index (χ0) is 13.0. The second kappa shape index (κ2) is 4.00. The molecule has 0 spiro atoms. The number of thiazole rings is 1. The van der Waals surface area contributed by atoms with Gasteiger partial charge in [0, 0.05) is 11.1 Å². The van der Waals surface area contributed by atoms with Gasteiger partial charge in [0.2, 0.25) is 11.0 Å². The van der Waals surface area contributed by atoms with Crippen molar-refractivity contribution in [2.45, 2.75) is 19.8 Å². The number of ether oxygens (including phenoxy) is 1. The van der Waals surface area contributed by atoms with Crippen LogP contribution in [0.4, 0.5) is 5.13 Å². The van der Waals surface area contributed by atoms with Crippen LogP contribution in [0.15, 0.2) is 23.3 Å². The van der Waals surface area contributed by atoms with Gasteiger partial charge in [0.1, 0.15) is 0 Å². The Morgan fingerprint density at radius 2 is 2.05 bits per heavy atom. The molecule has 1 aromatic rings. The highest BCUT2D eigenvalue weighted by Gasteiger charge is 2.53. The Bertz CT molecular complexity index is 604. The number of hydrogen-bond donors (Lipinski definition) is 0. The summed E-state index contributed by atoms with van der Waals surface area (Å²) in [6.07, 6.45) is 8.45. The van der Waals surface area contributed by atoms with Crippen LogP contribution in [0.1, 0.15) is 17.7 Å². The smallest absolute Gasteiger partial charge is 0.316 e. The van der Waals surface area contributed by atoms with E-state index in [0.717, 1.165) is 17.7 Å². The van der Waals surface area contributed by atoms with E-state index in [1.807, 2.05) is 6.92 Å². The summed E-state index contributed by atoms with van der Waals surface area (Å²) < 4.78 is 5.44. The predicted octanol–water partition coefficient (Wildman–Crippen LogP) is 2.87. The summed E-state index contributed by atoms with van der Waals surface area (Å²) in [7, 11) is 0. The van der Waals surface area contributed by atoms with Crippen LogP contribution in [-0.2, 0) is 9.53 Å². The standard InChI is InChI=1S/C14H14N2O2S/c1-7-6-15-14(19-7)16-12-10-8-2-4-9(5-3-8)11(10)13(17)18-12/h2,4,6,8-11H,3,5H2,1H3/b16-12-/t8-,9+,10?,11?/m0/s1. The van der Waals surface area contributed by atoms with E-state index in [-0.39, 0.29) is 17.8 Å². The first-order valence-corrected chi connectivity index (χ1v) is 7.45. The highest BCUT2D eigenvalue weighted by Crippen LogP contribution is 2.49. The van der Waals surface area contributed by atoms with Crippen molar-refractivity contribution in [3.63, 3.8) is 0 Å². The first kappa shape index (κ1) is 11.3. The van der Waals surface area contributed by atoms with Crippen LogP contribution in [0, 0.1) is 30.6 Å². The average Bonchev–Trinajstić information content (AvgIpc) is 2.98. The minimum absolute atomic E-state index is 0.0106. The third kappa shape index (κ3) is 1.68. The van der Waals surface area contributed by atoms with Gasteiger partial charge in [0.15, 0.2) is 0 Å². The molecule has 1 aliphatic heterocycles. The molecule has 3 aliphatic carbocycles. The maximum absolute atomic E-state index is 12.1. The Morgan fingerprint density at radius 3 is 2.68 bits per heavy atom. The third-order valence-corrected chi connectivity index (χ3v) is 5.13. The van der Waals surface area contributed by atoms with Crippen molar-refractivity contribution in [3.05, 3.63) is 23.2 Å². The lowest BCUT2D eigenvalue weighted by molar-refractivity contribution is -0.139. The number of nitrogens with zero attached hydrogens (tertiary/aromatic N) is 2. The van der Waals surface area contributed by atoms with Crippen molar-refractivity contribution in [1.29, 1.82) is 0 Å². The molecule has 0 aromatic carbocycles. The molecule has 0 N–H and O–H groups in total. The van der Waals surface area contributed by atoms with Crippen LogP contribution < -0.4 is 0 Å². The number of carbonyl (C=O) groups excluding carboxylic acids is 1. The molecule has 0 radical (unpaired) electrons. The second-order valence-corrected chi connectivity index (χ2v) is 6.68. The van der Waals surface area contributed by atoms with Crippen LogP contribution in [0.5, 0.6) is 0 Å².